The number of hydrogen-bond acceptors (Lipinski definition) is 0. The highest BCUT2D eigenvalue weighted by Gasteiger charge is 2.34. The van der Waals surface area contributed by atoms with Crippen LogP contribution in [0.2, 0.25) is 0 Å². The lowest BCUT2D eigenvalue weighted by molar-refractivity contribution is 1.14. The van der Waals surface area contributed by atoms with E-state index in [-0.39, 0.29) is 0 Å². The van der Waals surface area contributed by atoms with Crippen LogP contribution in [0, 0.1) is 6.42 Å². The molecule has 0 nitrogen and oxygen atoms in total. The van der Waals surface area contributed by atoms with Crippen LogP contribution < -0.4 is 0 Å². The molecule has 2 radical (unpaired) electrons. The summed E-state index contributed by atoms with van der Waals surface area (Å²) in [4.78, 5) is 0. The van der Waals surface area contributed by atoms with Gasteiger partial charge < -0.3 is 0 Å². The van der Waals surface area contributed by atoms with Gasteiger partial charge in [0.1, 0.15) is 0 Å². The molecule has 0 amide bonds. The lowest BCUT2D eigenvalue weighted by atomic mass is 10.5. The summed E-state index contributed by atoms with van der Waals surface area (Å²) in [7, 11) is 0. The first-order valence-electron chi connectivity index (χ1n) is 1.63. The van der Waals surface area contributed by atoms with Crippen molar-refractivity contribution in [2.75, 3.05) is 0 Å². The number of alkyl halides is 6. The zero-order chi connectivity index (χ0) is 7.71. The third-order valence-electron chi connectivity index (χ3n) is 0.283. The SMILES string of the molecule is ClC(Cl)(Cl)[C]C(Cl)(Cl)Cl. The van der Waals surface area contributed by atoms with E-state index in [1.807, 2.05) is 0 Å². The highest BCUT2D eigenvalue weighted by molar-refractivity contribution is 6.74. The Morgan fingerprint density at radius 3 is 0.889 bits per heavy atom. The highest BCUT2D eigenvalue weighted by atomic mass is 35.6. The summed E-state index contributed by atoms with van der Waals surface area (Å²) in [6.07, 6.45) is 2.05. The van der Waals surface area contributed by atoms with Crippen molar-refractivity contribution in [1.29, 1.82) is 0 Å². The Morgan fingerprint density at radius 2 is 0.889 bits per heavy atom. The molecule has 9 heavy (non-hydrogen) atoms. The van der Waals surface area contributed by atoms with Gasteiger partial charge in [-0.3, -0.25) is 0 Å². The maximum Gasteiger partial charge on any atom is 0.202 e. The molecule has 0 aliphatic heterocycles. The van der Waals surface area contributed by atoms with E-state index in [0.29, 0.717) is 0 Å². The fourth-order valence-corrected chi connectivity index (χ4v) is 1.45. The van der Waals surface area contributed by atoms with E-state index < -0.39 is 7.59 Å². The molecule has 0 atom stereocenters. The first kappa shape index (κ1) is 10.7. The number of hydrogen-bond donors (Lipinski definition) is 0. The van der Waals surface area contributed by atoms with Crippen LogP contribution in [-0.4, -0.2) is 7.59 Å². The van der Waals surface area contributed by atoms with Gasteiger partial charge in [-0.25, -0.2) is 0 Å². The van der Waals surface area contributed by atoms with Crippen LogP contribution in [0.1, 0.15) is 0 Å². The zero-order valence-corrected chi connectivity index (χ0v) is 8.30. The van der Waals surface area contributed by atoms with Gasteiger partial charge in [0.25, 0.3) is 0 Å². The van der Waals surface area contributed by atoms with Crippen molar-refractivity contribution in [3.8, 4) is 0 Å². The molecule has 0 N–H and O–H groups in total. The Balaban J connectivity index is 3.75. The van der Waals surface area contributed by atoms with Crippen LogP contribution in [-0.2, 0) is 0 Å². The van der Waals surface area contributed by atoms with Gasteiger partial charge in [-0.2, -0.15) is 0 Å². The first-order chi connectivity index (χ1) is 3.71. The molecule has 0 aromatic rings. The molecule has 0 heterocycles. The number of halogens is 6. The van der Waals surface area contributed by atoms with Crippen molar-refractivity contribution in [2.45, 2.75) is 7.59 Å². The Morgan fingerprint density at radius 1 is 0.667 bits per heavy atom. The lowest BCUT2D eigenvalue weighted by Gasteiger charge is -2.14. The predicted octanol–water partition coefficient (Wildman–Crippen LogP) is 3.81. The zero-order valence-electron chi connectivity index (χ0n) is 3.77. The van der Waals surface area contributed by atoms with Crippen LogP contribution in [0.25, 0.3) is 0 Å². The van der Waals surface area contributed by atoms with Crippen molar-refractivity contribution >= 4 is 69.6 Å². The fourth-order valence-electron chi connectivity index (χ4n) is 0.161. The van der Waals surface area contributed by atoms with Gasteiger partial charge >= 0.3 is 0 Å². The van der Waals surface area contributed by atoms with Crippen LogP contribution >= 0.6 is 69.6 Å². The first-order valence-corrected chi connectivity index (χ1v) is 3.90. The highest BCUT2D eigenvalue weighted by Crippen LogP contribution is 2.41. The molecule has 6 heteroatoms. The molecule has 0 saturated carbocycles. The Bertz CT molecular complexity index is 73.5. The Hall–Kier alpha value is 1.74. The average molecular weight is 249 g/mol. The summed E-state index contributed by atoms with van der Waals surface area (Å²) in [5.41, 5.74) is 0. The molecule has 0 rings (SSSR count). The second-order valence-corrected chi connectivity index (χ2v) is 5.68. The van der Waals surface area contributed by atoms with Crippen LogP contribution in [0.4, 0.5) is 0 Å². The Labute approximate surface area is 83.3 Å². The molecule has 0 aliphatic carbocycles. The molecule has 0 bridgehead atoms. The van der Waals surface area contributed by atoms with E-state index in [9.17, 15) is 0 Å². The lowest BCUT2D eigenvalue weighted by Crippen LogP contribution is -2.15. The molecule has 0 aromatic carbocycles. The molecule has 0 fully saturated rings. The maximum atomic E-state index is 5.18. The minimum Gasteiger partial charge on any atom is -0.0828 e. The van der Waals surface area contributed by atoms with Gasteiger partial charge in [0.15, 0.2) is 0 Å². The minimum atomic E-state index is -1.74. The van der Waals surface area contributed by atoms with E-state index in [0.717, 1.165) is 0 Å². The van der Waals surface area contributed by atoms with Crippen molar-refractivity contribution in [2.24, 2.45) is 0 Å². The smallest absolute Gasteiger partial charge is 0.0828 e. The van der Waals surface area contributed by atoms with Crippen molar-refractivity contribution in [3.05, 3.63) is 6.42 Å². The van der Waals surface area contributed by atoms with Crippen molar-refractivity contribution in [3.63, 3.8) is 0 Å². The topological polar surface area (TPSA) is 0 Å². The predicted molar refractivity (Wildman–Crippen MR) is 43.8 cm³/mol. The van der Waals surface area contributed by atoms with E-state index in [1.54, 1.807) is 0 Å². The van der Waals surface area contributed by atoms with E-state index >= 15 is 0 Å². The second kappa shape index (κ2) is 3.42. The largest absolute Gasteiger partial charge is 0.202 e. The molecule has 0 aromatic heterocycles. The molecule has 0 saturated heterocycles. The second-order valence-electron chi connectivity index (χ2n) is 1.12. The van der Waals surface area contributed by atoms with Gasteiger partial charge in [0, 0.05) is 0 Å². The Kier molecular flexibility index (Phi) is 4.09. The monoisotopic (exact) mass is 246 g/mol. The molecular formula is C3Cl6. The van der Waals surface area contributed by atoms with Gasteiger partial charge in [0.05, 0.1) is 6.42 Å². The maximum absolute atomic E-state index is 5.18. The van der Waals surface area contributed by atoms with E-state index in [4.69, 9.17) is 69.6 Å². The van der Waals surface area contributed by atoms with Gasteiger partial charge in [-0.05, 0) is 0 Å². The van der Waals surface area contributed by atoms with Gasteiger partial charge in [0.2, 0.25) is 7.59 Å². The van der Waals surface area contributed by atoms with Gasteiger partial charge in [-0.15, -0.1) is 0 Å². The quantitative estimate of drug-likeness (QED) is 0.572. The third-order valence-corrected chi connectivity index (χ3v) is 0.850. The molecule has 0 unspecified atom stereocenters. The normalized spacial score (nSPS) is 14.0. The van der Waals surface area contributed by atoms with Crippen molar-refractivity contribution in [1.82, 2.24) is 0 Å². The third kappa shape index (κ3) is 9.74. The number of rotatable bonds is 0. The molecule has 0 aliphatic rings. The molecule has 54 valence electrons. The van der Waals surface area contributed by atoms with Crippen LogP contribution in [0.3, 0.4) is 0 Å². The van der Waals surface area contributed by atoms with Crippen molar-refractivity contribution < 1.29 is 0 Å². The van der Waals surface area contributed by atoms with Crippen LogP contribution in [0.5, 0.6) is 0 Å². The molecule has 0 spiro atoms. The fraction of sp³-hybridized carbons (Fsp3) is 0.667. The minimum absolute atomic E-state index is 1.74. The van der Waals surface area contributed by atoms with E-state index in [2.05, 4.69) is 6.42 Å². The summed E-state index contributed by atoms with van der Waals surface area (Å²) < 4.78 is -3.49. The molecular weight excluding hydrogens is 249 g/mol. The summed E-state index contributed by atoms with van der Waals surface area (Å²) in [5.74, 6) is 0. The summed E-state index contributed by atoms with van der Waals surface area (Å²) in [6, 6.07) is 0. The van der Waals surface area contributed by atoms with Gasteiger partial charge in [-0.1, -0.05) is 69.6 Å². The van der Waals surface area contributed by atoms with Crippen LogP contribution in [0.15, 0.2) is 0 Å². The van der Waals surface area contributed by atoms with E-state index in [1.165, 1.54) is 0 Å². The average Bonchev–Trinajstić information content (AvgIpc) is 1.14. The standard InChI is InChI=1S/C3Cl6/c4-2(5,6)1-3(7,8)9. The summed E-state index contributed by atoms with van der Waals surface area (Å²) in [6.45, 7) is 0. The summed E-state index contributed by atoms with van der Waals surface area (Å²) >= 11 is 31.1. The summed E-state index contributed by atoms with van der Waals surface area (Å²) in [5, 5.41) is 0.